The highest BCUT2D eigenvalue weighted by Gasteiger charge is 2.17. The van der Waals surface area contributed by atoms with Crippen molar-refractivity contribution < 1.29 is 4.79 Å². The van der Waals surface area contributed by atoms with Crippen LogP contribution in [0.5, 0.6) is 0 Å². The lowest BCUT2D eigenvalue weighted by Gasteiger charge is -2.14. The highest BCUT2D eigenvalue weighted by molar-refractivity contribution is 8.02. The first kappa shape index (κ1) is 19.3. The Morgan fingerprint density at radius 3 is 2.92 bits per heavy atom. The number of nitrogens with zero attached hydrogens (tertiary/aromatic N) is 2. The average Bonchev–Trinajstić information content (AvgIpc) is 3.03. The van der Waals surface area contributed by atoms with E-state index in [-0.39, 0.29) is 11.2 Å². The minimum absolute atomic E-state index is 0.0544. The molecule has 1 aliphatic rings. The number of amides is 1. The van der Waals surface area contributed by atoms with Gasteiger partial charge >= 0.3 is 0 Å². The summed E-state index contributed by atoms with van der Waals surface area (Å²) in [6.07, 6.45) is 8.23. The number of rotatable bonds is 7. The summed E-state index contributed by atoms with van der Waals surface area (Å²) >= 11 is 8.32. The van der Waals surface area contributed by atoms with Gasteiger partial charge in [-0.1, -0.05) is 52.9 Å². The zero-order valence-corrected chi connectivity index (χ0v) is 17.3. The van der Waals surface area contributed by atoms with Gasteiger partial charge in [0.2, 0.25) is 5.91 Å². The van der Waals surface area contributed by atoms with Crippen LogP contribution in [0.25, 0.3) is 5.69 Å². The van der Waals surface area contributed by atoms with Crippen LogP contribution in [0.3, 0.4) is 0 Å². The molecule has 0 saturated heterocycles. The maximum atomic E-state index is 12.3. The van der Waals surface area contributed by atoms with Gasteiger partial charge in [-0.2, -0.15) is 0 Å². The van der Waals surface area contributed by atoms with Crippen LogP contribution >= 0.6 is 35.3 Å². The Balaban J connectivity index is 1.52. The smallest absolute Gasteiger partial charge is 0.233 e. The molecule has 0 fully saturated rings. The van der Waals surface area contributed by atoms with Crippen molar-refractivity contribution in [1.82, 2.24) is 15.1 Å². The Kier molecular flexibility index (Phi) is 7.05. The molecule has 1 heterocycles. The van der Waals surface area contributed by atoms with Gasteiger partial charge in [0.25, 0.3) is 0 Å². The SMILES string of the molecule is C[C@H](Sc1nn(-c2ccccc2)c(=S)s1)C(=O)NCCC1=CCCCC1. The van der Waals surface area contributed by atoms with Crippen molar-refractivity contribution in [2.24, 2.45) is 0 Å². The number of allylic oxidation sites excluding steroid dienone is 1. The van der Waals surface area contributed by atoms with Crippen LogP contribution < -0.4 is 5.32 Å². The molecule has 4 nitrogen and oxygen atoms in total. The van der Waals surface area contributed by atoms with Crippen LogP contribution in [0.1, 0.15) is 39.0 Å². The van der Waals surface area contributed by atoms with Crippen LogP contribution in [-0.2, 0) is 4.79 Å². The van der Waals surface area contributed by atoms with Crippen molar-refractivity contribution in [3.63, 3.8) is 0 Å². The van der Waals surface area contributed by atoms with Crippen LogP contribution in [0.4, 0.5) is 0 Å². The fourth-order valence-corrected chi connectivity index (χ4v) is 5.40. The van der Waals surface area contributed by atoms with Gasteiger partial charge in [0.05, 0.1) is 10.9 Å². The normalized spacial score (nSPS) is 15.3. The van der Waals surface area contributed by atoms with Crippen molar-refractivity contribution in [3.8, 4) is 5.69 Å². The fourth-order valence-electron chi connectivity index (χ4n) is 2.87. The number of carbonyl (C=O) groups excluding carboxylic acids is 1. The molecule has 0 unspecified atom stereocenters. The van der Waals surface area contributed by atoms with E-state index < -0.39 is 0 Å². The highest BCUT2D eigenvalue weighted by Crippen LogP contribution is 2.27. The molecule has 0 radical (unpaired) electrons. The van der Waals surface area contributed by atoms with Gasteiger partial charge in [-0.15, -0.1) is 5.10 Å². The second-order valence-electron chi connectivity index (χ2n) is 6.29. The Labute approximate surface area is 167 Å². The number of aromatic nitrogens is 2. The Morgan fingerprint density at radius 2 is 2.19 bits per heavy atom. The van der Waals surface area contributed by atoms with E-state index in [0.29, 0.717) is 10.5 Å². The van der Waals surface area contributed by atoms with Gasteiger partial charge in [-0.05, 0) is 63.4 Å². The molecule has 0 spiro atoms. The first-order valence-electron chi connectivity index (χ1n) is 8.91. The minimum Gasteiger partial charge on any atom is -0.355 e. The van der Waals surface area contributed by atoms with Gasteiger partial charge < -0.3 is 5.32 Å². The number of nitrogens with one attached hydrogen (secondary N) is 1. The third-order valence-electron chi connectivity index (χ3n) is 4.31. The molecule has 0 saturated carbocycles. The predicted octanol–water partition coefficient (Wildman–Crippen LogP) is 5.15. The van der Waals surface area contributed by atoms with E-state index in [1.807, 2.05) is 37.3 Å². The molecule has 3 rings (SSSR count). The summed E-state index contributed by atoms with van der Waals surface area (Å²) in [5, 5.41) is 7.41. The van der Waals surface area contributed by atoms with Crippen LogP contribution in [-0.4, -0.2) is 27.5 Å². The van der Waals surface area contributed by atoms with Crippen LogP contribution in [0.2, 0.25) is 0 Å². The zero-order chi connectivity index (χ0) is 18.4. The quantitative estimate of drug-likeness (QED) is 0.393. The maximum Gasteiger partial charge on any atom is 0.233 e. The molecular weight excluding hydrogens is 382 g/mol. The molecule has 0 bridgehead atoms. The van der Waals surface area contributed by atoms with Crippen molar-refractivity contribution in [2.45, 2.75) is 48.6 Å². The molecular formula is C19H23N3OS3. The van der Waals surface area contributed by atoms with Gasteiger partial charge in [0.15, 0.2) is 8.29 Å². The topological polar surface area (TPSA) is 46.9 Å². The second kappa shape index (κ2) is 9.48. The zero-order valence-electron chi connectivity index (χ0n) is 14.8. The van der Waals surface area contributed by atoms with E-state index in [9.17, 15) is 4.79 Å². The number of benzene rings is 1. The fraction of sp³-hybridized carbons (Fsp3) is 0.421. The minimum atomic E-state index is -0.194. The lowest BCUT2D eigenvalue weighted by molar-refractivity contribution is -0.120. The van der Waals surface area contributed by atoms with Crippen LogP contribution in [0.15, 0.2) is 46.3 Å². The van der Waals surface area contributed by atoms with Gasteiger partial charge in [-0.3, -0.25) is 4.79 Å². The number of hydrogen-bond donors (Lipinski definition) is 1. The summed E-state index contributed by atoms with van der Waals surface area (Å²) in [7, 11) is 0. The summed E-state index contributed by atoms with van der Waals surface area (Å²) in [4.78, 5) is 12.3. The summed E-state index contributed by atoms with van der Waals surface area (Å²) in [6.45, 7) is 2.63. The number of hydrogen-bond acceptors (Lipinski definition) is 5. The van der Waals surface area contributed by atoms with E-state index in [2.05, 4.69) is 16.5 Å². The summed E-state index contributed by atoms with van der Waals surface area (Å²) in [5.74, 6) is 0.0544. The van der Waals surface area contributed by atoms with E-state index in [1.165, 1.54) is 54.4 Å². The highest BCUT2D eigenvalue weighted by atomic mass is 32.2. The molecule has 138 valence electrons. The first-order chi connectivity index (χ1) is 12.6. The standard InChI is InChI=1S/C19H23N3OS3/c1-14(17(23)20-13-12-15-8-4-2-5-9-15)25-18-21-22(19(24)26-18)16-10-6-3-7-11-16/h3,6-8,10-11,14H,2,4-5,9,12-13H2,1H3,(H,20,23)/t14-/m0/s1. The lowest BCUT2D eigenvalue weighted by atomic mass is 9.97. The Morgan fingerprint density at radius 1 is 1.38 bits per heavy atom. The average molecular weight is 406 g/mol. The largest absolute Gasteiger partial charge is 0.355 e. The molecule has 7 heteroatoms. The third kappa shape index (κ3) is 5.28. The molecule has 1 amide bonds. The molecule has 2 aromatic rings. The third-order valence-corrected chi connectivity index (χ3v) is 6.72. The van der Waals surface area contributed by atoms with Crippen molar-refractivity contribution in [2.75, 3.05) is 6.54 Å². The molecule has 1 N–H and O–H groups in total. The summed E-state index contributed by atoms with van der Waals surface area (Å²) in [5.41, 5.74) is 2.43. The number of carbonyl (C=O) groups is 1. The maximum absolute atomic E-state index is 12.3. The monoisotopic (exact) mass is 405 g/mol. The number of thioether (sulfide) groups is 1. The van der Waals surface area contributed by atoms with Crippen LogP contribution in [0, 0.1) is 3.95 Å². The molecule has 0 aliphatic heterocycles. The molecule has 1 aromatic heterocycles. The first-order valence-corrected chi connectivity index (χ1v) is 11.0. The molecule has 26 heavy (non-hydrogen) atoms. The molecule has 1 aromatic carbocycles. The second-order valence-corrected chi connectivity index (χ2v) is 9.50. The van der Waals surface area contributed by atoms with Crippen molar-refractivity contribution >= 4 is 41.2 Å². The summed E-state index contributed by atoms with van der Waals surface area (Å²) < 4.78 is 3.26. The predicted molar refractivity (Wildman–Crippen MR) is 112 cm³/mol. The Bertz CT molecular complexity index is 826. The Hall–Kier alpha value is -1.44. The van der Waals surface area contributed by atoms with E-state index >= 15 is 0 Å². The van der Waals surface area contributed by atoms with E-state index in [1.54, 1.807) is 4.68 Å². The van der Waals surface area contributed by atoms with Crippen molar-refractivity contribution in [1.29, 1.82) is 0 Å². The van der Waals surface area contributed by atoms with E-state index in [0.717, 1.165) is 16.4 Å². The van der Waals surface area contributed by atoms with Gasteiger partial charge in [-0.25, -0.2) is 4.68 Å². The summed E-state index contributed by atoms with van der Waals surface area (Å²) in [6, 6.07) is 9.83. The van der Waals surface area contributed by atoms with Gasteiger partial charge in [0.1, 0.15) is 0 Å². The molecule has 1 atom stereocenters. The van der Waals surface area contributed by atoms with Crippen molar-refractivity contribution in [3.05, 3.63) is 45.9 Å². The van der Waals surface area contributed by atoms with Gasteiger partial charge in [0, 0.05) is 6.54 Å². The lowest BCUT2D eigenvalue weighted by Crippen LogP contribution is -2.31. The molecule has 1 aliphatic carbocycles. The number of para-hydroxylation sites is 1. The van der Waals surface area contributed by atoms with E-state index in [4.69, 9.17) is 12.2 Å².